The van der Waals surface area contributed by atoms with Crippen molar-refractivity contribution >= 4 is 29.3 Å². The van der Waals surface area contributed by atoms with Crippen molar-refractivity contribution in [3.63, 3.8) is 0 Å². The van der Waals surface area contributed by atoms with Gasteiger partial charge >= 0.3 is 0 Å². The third kappa shape index (κ3) is 4.35. The summed E-state index contributed by atoms with van der Waals surface area (Å²) in [6.45, 7) is 4.53. The second kappa shape index (κ2) is 7.09. The van der Waals surface area contributed by atoms with E-state index >= 15 is 0 Å². The molecule has 2 heterocycles. The van der Waals surface area contributed by atoms with E-state index in [2.05, 4.69) is 9.88 Å². The maximum absolute atomic E-state index is 11.0. The van der Waals surface area contributed by atoms with Gasteiger partial charge in [0.1, 0.15) is 5.03 Å². The van der Waals surface area contributed by atoms with Gasteiger partial charge in [0.2, 0.25) is 5.91 Å². The van der Waals surface area contributed by atoms with Gasteiger partial charge in [0.05, 0.1) is 23.8 Å². The van der Waals surface area contributed by atoms with Crippen LogP contribution in [0.25, 0.3) is 0 Å². The molecule has 1 fully saturated rings. The van der Waals surface area contributed by atoms with E-state index in [1.54, 1.807) is 17.8 Å². The van der Waals surface area contributed by atoms with E-state index in [9.17, 15) is 4.79 Å². The molecule has 1 aliphatic rings. The van der Waals surface area contributed by atoms with Crippen LogP contribution in [-0.4, -0.2) is 54.4 Å². The van der Waals surface area contributed by atoms with Crippen molar-refractivity contribution < 1.29 is 9.53 Å². The van der Waals surface area contributed by atoms with Gasteiger partial charge in [-0.15, -0.1) is 11.8 Å². The van der Waals surface area contributed by atoms with Gasteiger partial charge < -0.3 is 10.5 Å². The minimum Gasteiger partial charge on any atom is -0.379 e. The Labute approximate surface area is 121 Å². The molecule has 1 saturated heterocycles. The molecular weight excluding hydrogens is 286 g/mol. The number of carbonyl (C=O) groups is 1. The highest BCUT2D eigenvalue weighted by molar-refractivity contribution is 7.99. The molecule has 0 aliphatic carbocycles. The van der Waals surface area contributed by atoms with Crippen molar-refractivity contribution in [3.05, 3.63) is 22.8 Å². The van der Waals surface area contributed by atoms with Gasteiger partial charge in [-0.1, -0.05) is 11.6 Å². The number of halogens is 1. The van der Waals surface area contributed by atoms with Crippen molar-refractivity contribution in [2.24, 2.45) is 5.73 Å². The Hall–Kier alpha value is -0.820. The molecule has 1 aromatic rings. The highest BCUT2D eigenvalue weighted by Crippen LogP contribution is 2.25. The largest absolute Gasteiger partial charge is 0.379 e. The summed E-state index contributed by atoms with van der Waals surface area (Å²) in [5.41, 5.74) is 5.50. The Morgan fingerprint density at radius 2 is 2.26 bits per heavy atom. The molecule has 0 atom stereocenters. The number of thioether (sulfide) groups is 1. The lowest BCUT2D eigenvalue weighted by atomic mass is 10.3. The van der Waals surface area contributed by atoms with Crippen molar-refractivity contribution in [2.75, 3.05) is 38.6 Å². The van der Waals surface area contributed by atoms with Crippen LogP contribution in [-0.2, 0) is 4.74 Å². The molecule has 0 unspecified atom stereocenters. The Balaban J connectivity index is 1.83. The van der Waals surface area contributed by atoms with Crippen LogP contribution in [0.2, 0.25) is 5.02 Å². The third-order valence-electron chi connectivity index (χ3n) is 2.84. The molecule has 1 aromatic heterocycles. The number of aromatic nitrogens is 1. The minimum absolute atomic E-state index is 0.336. The Kier molecular flexibility index (Phi) is 5.45. The van der Waals surface area contributed by atoms with E-state index in [-0.39, 0.29) is 0 Å². The first-order valence-corrected chi connectivity index (χ1v) is 7.41. The summed E-state index contributed by atoms with van der Waals surface area (Å²) in [6, 6.07) is 1.56. The Morgan fingerprint density at radius 1 is 1.53 bits per heavy atom. The molecule has 2 rings (SSSR count). The summed E-state index contributed by atoms with van der Waals surface area (Å²) in [5, 5.41) is 1.21. The van der Waals surface area contributed by atoms with Gasteiger partial charge in [0, 0.05) is 31.6 Å². The fourth-order valence-corrected chi connectivity index (χ4v) is 2.96. The number of rotatable bonds is 5. The Bertz CT molecular complexity index is 453. The number of morpholine rings is 1. The van der Waals surface area contributed by atoms with Crippen LogP contribution in [0.4, 0.5) is 0 Å². The van der Waals surface area contributed by atoms with Crippen LogP contribution in [0.3, 0.4) is 0 Å². The number of hydrogen-bond acceptors (Lipinski definition) is 5. The van der Waals surface area contributed by atoms with Crippen LogP contribution < -0.4 is 5.73 Å². The number of ether oxygens (including phenoxy) is 1. The lowest BCUT2D eigenvalue weighted by molar-refractivity contribution is 0.0410. The molecule has 1 amide bonds. The molecule has 0 spiro atoms. The monoisotopic (exact) mass is 301 g/mol. The van der Waals surface area contributed by atoms with Gasteiger partial charge in [-0.05, 0) is 6.07 Å². The quantitative estimate of drug-likeness (QED) is 0.829. The fraction of sp³-hybridized carbons (Fsp3) is 0.500. The van der Waals surface area contributed by atoms with Crippen molar-refractivity contribution in [3.8, 4) is 0 Å². The molecule has 19 heavy (non-hydrogen) atoms. The molecule has 0 radical (unpaired) electrons. The summed E-state index contributed by atoms with van der Waals surface area (Å²) < 4.78 is 5.29. The number of nitrogens with zero attached hydrogens (tertiary/aromatic N) is 2. The standard InChI is InChI=1S/C12H16ClN3O2S/c13-10-7-9(11(14)17)8-15-12(10)19-6-3-16-1-4-18-5-2-16/h7-8H,1-6H2,(H2,14,17). The SMILES string of the molecule is NC(=O)c1cnc(SCCN2CCOCC2)c(Cl)c1. The summed E-state index contributed by atoms with van der Waals surface area (Å²) in [7, 11) is 0. The maximum atomic E-state index is 11.0. The second-order valence-electron chi connectivity index (χ2n) is 4.18. The normalized spacial score (nSPS) is 16.5. The van der Waals surface area contributed by atoms with Gasteiger partial charge in [-0.3, -0.25) is 9.69 Å². The molecule has 0 bridgehead atoms. The van der Waals surface area contributed by atoms with E-state index in [0.29, 0.717) is 10.6 Å². The average Bonchev–Trinajstić information content (AvgIpc) is 2.41. The number of hydrogen-bond donors (Lipinski definition) is 1. The molecule has 0 saturated carbocycles. The van der Waals surface area contributed by atoms with E-state index in [0.717, 1.165) is 43.6 Å². The number of primary amides is 1. The molecule has 0 aromatic carbocycles. The molecular formula is C12H16ClN3O2S. The van der Waals surface area contributed by atoms with Crippen molar-refractivity contribution in [1.82, 2.24) is 9.88 Å². The van der Waals surface area contributed by atoms with Crippen LogP contribution in [0.5, 0.6) is 0 Å². The van der Waals surface area contributed by atoms with Gasteiger partial charge in [0.15, 0.2) is 0 Å². The van der Waals surface area contributed by atoms with E-state index in [1.165, 1.54) is 6.20 Å². The highest BCUT2D eigenvalue weighted by atomic mass is 35.5. The van der Waals surface area contributed by atoms with E-state index < -0.39 is 5.91 Å². The average molecular weight is 302 g/mol. The lowest BCUT2D eigenvalue weighted by Crippen LogP contribution is -2.37. The first-order valence-electron chi connectivity index (χ1n) is 6.05. The highest BCUT2D eigenvalue weighted by Gasteiger charge is 2.11. The number of carbonyl (C=O) groups excluding carboxylic acids is 1. The lowest BCUT2D eigenvalue weighted by Gasteiger charge is -2.26. The predicted molar refractivity (Wildman–Crippen MR) is 75.7 cm³/mol. The van der Waals surface area contributed by atoms with Gasteiger partial charge in [-0.25, -0.2) is 4.98 Å². The van der Waals surface area contributed by atoms with E-state index in [1.807, 2.05) is 0 Å². The number of amides is 1. The van der Waals surface area contributed by atoms with Crippen molar-refractivity contribution in [1.29, 1.82) is 0 Å². The second-order valence-corrected chi connectivity index (χ2v) is 5.67. The first kappa shape index (κ1) is 14.6. The summed E-state index contributed by atoms with van der Waals surface area (Å²) in [5.74, 6) is 0.391. The summed E-state index contributed by atoms with van der Waals surface area (Å²) in [4.78, 5) is 17.5. The topological polar surface area (TPSA) is 68.5 Å². The smallest absolute Gasteiger partial charge is 0.250 e. The molecule has 104 valence electrons. The van der Waals surface area contributed by atoms with Crippen LogP contribution >= 0.6 is 23.4 Å². The maximum Gasteiger partial charge on any atom is 0.250 e. The first-order chi connectivity index (χ1) is 9.16. The predicted octanol–water partition coefficient (Wildman–Crippen LogP) is 1.26. The molecule has 7 heteroatoms. The number of pyridine rings is 1. The summed E-state index contributed by atoms with van der Waals surface area (Å²) >= 11 is 7.65. The van der Waals surface area contributed by atoms with Crippen molar-refractivity contribution in [2.45, 2.75) is 5.03 Å². The molecule has 1 aliphatic heterocycles. The fourth-order valence-electron chi connectivity index (χ4n) is 1.76. The zero-order valence-electron chi connectivity index (χ0n) is 10.5. The Morgan fingerprint density at radius 3 is 2.89 bits per heavy atom. The molecule has 2 N–H and O–H groups in total. The van der Waals surface area contributed by atoms with Gasteiger partial charge in [-0.2, -0.15) is 0 Å². The summed E-state index contributed by atoms with van der Waals surface area (Å²) in [6.07, 6.45) is 1.46. The zero-order chi connectivity index (χ0) is 13.7. The number of nitrogens with two attached hydrogens (primary N) is 1. The van der Waals surface area contributed by atoms with Crippen LogP contribution in [0.15, 0.2) is 17.3 Å². The zero-order valence-corrected chi connectivity index (χ0v) is 12.0. The minimum atomic E-state index is -0.515. The molecule has 5 nitrogen and oxygen atoms in total. The van der Waals surface area contributed by atoms with Crippen LogP contribution in [0, 0.1) is 0 Å². The van der Waals surface area contributed by atoms with E-state index in [4.69, 9.17) is 22.1 Å². The third-order valence-corrected chi connectivity index (χ3v) is 4.23. The van der Waals surface area contributed by atoms with Crippen LogP contribution in [0.1, 0.15) is 10.4 Å². The van der Waals surface area contributed by atoms with Gasteiger partial charge in [0.25, 0.3) is 0 Å².